The molecule has 0 amide bonds. The Bertz CT molecular complexity index is 392. The molecule has 6 heteroatoms. The van der Waals surface area contributed by atoms with E-state index in [4.69, 9.17) is 4.74 Å². The summed E-state index contributed by atoms with van der Waals surface area (Å²) in [7, 11) is 0. The summed E-state index contributed by atoms with van der Waals surface area (Å²) in [4.78, 5) is 0. The lowest BCUT2D eigenvalue weighted by Crippen LogP contribution is -2.34. The van der Waals surface area contributed by atoms with Gasteiger partial charge in [0.1, 0.15) is 0 Å². The molecule has 0 aliphatic rings. The van der Waals surface area contributed by atoms with Crippen molar-refractivity contribution in [2.75, 3.05) is 6.61 Å². The van der Waals surface area contributed by atoms with Crippen LogP contribution in [0.1, 0.15) is 26.7 Å². The van der Waals surface area contributed by atoms with Gasteiger partial charge in [-0.05, 0) is 24.5 Å². The SMILES string of the molecule is CCCC(C)COc1cc([B-](F)(F)F)ccc1F. The average Bonchev–Trinajstić information content (AvgIpc) is 2.26. The van der Waals surface area contributed by atoms with Crippen LogP contribution in [0.3, 0.4) is 0 Å². The van der Waals surface area contributed by atoms with Crippen LogP contribution in [-0.2, 0) is 0 Å². The van der Waals surface area contributed by atoms with Crippen molar-refractivity contribution >= 4 is 12.4 Å². The van der Waals surface area contributed by atoms with Crippen LogP contribution < -0.4 is 10.2 Å². The molecule has 0 fully saturated rings. The van der Waals surface area contributed by atoms with Gasteiger partial charge < -0.3 is 17.7 Å². The second kappa shape index (κ2) is 6.11. The average molecular weight is 263 g/mol. The van der Waals surface area contributed by atoms with Gasteiger partial charge >= 0.3 is 6.98 Å². The van der Waals surface area contributed by atoms with Gasteiger partial charge in [-0.3, -0.25) is 0 Å². The molecule has 0 bridgehead atoms. The highest BCUT2D eigenvalue weighted by molar-refractivity contribution is 6.73. The zero-order valence-electron chi connectivity index (χ0n) is 10.4. The molecule has 0 aliphatic heterocycles. The third-order valence-electron chi connectivity index (χ3n) is 2.64. The first kappa shape index (κ1) is 14.9. The van der Waals surface area contributed by atoms with Crippen LogP contribution in [0, 0.1) is 11.7 Å². The van der Waals surface area contributed by atoms with Crippen molar-refractivity contribution in [1.29, 1.82) is 0 Å². The molecule has 1 nitrogen and oxygen atoms in total. The number of halogens is 4. The Morgan fingerprint density at radius 3 is 2.50 bits per heavy atom. The number of rotatable bonds is 6. The van der Waals surface area contributed by atoms with Gasteiger partial charge in [0.2, 0.25) is 0 Å². The summed E-state index contributed by atoms with van der Waals surface area (Å²) in [5.41, 5.74) is -0.838. The molecule has 1 unspecified atom stereocenters. The number of ether oxygens (including phenoxy) is 1. The van der Waals surface area contributed by atoms with Crippen molar-refractivity contribution in [3.05, 3.63) is 24.0 Å². The topological polar surface area (TPSA) is 9.23 Å². The third kappa shape index (κ3) is 4.24. The molecule has 1 atom stereocenters. The van der Waals surface area contributed by atoms with Crippen LogP contribution in [0.5, 0.6) is 5.75 Å². The maximum atomic E-state index is 13.3. The minimum Gasteiger partial charge on any atom is -0.490 e. The molecule has 102 valence electrons. The van der Waals surface area contributed by atoms with Crippen molar-refractivity contribution < 1.29 is 22.1 Å². The third-order valence-corrected chi connectivity index (χ3v) is 2.64. The van der Waals surface area contributed by atoms with Gasteiger partial charge in [0, 0.05) is 0 Å². The first-order valence-corrected chi connectivity index (χ1v) is 5.96. The molecule has 1 rings (SSSR count). The van der Waals surface area contributed by atoms with Crippen molar-refractivity contribution in [2.24, 2.45) is 5.92 Å². The lowest BCUT2D eigenvalue weighted by Gasteiger charge is -2.18. The van der Waals surface area contributed by atoms with E-state index in [1.807, 2.05) is 13.8 Å². The van der Waals surface area contributed by atoms with Crippen LogP contribution in [0.2, 0.25) is 0 Å². The van der Waals surface area contributed by atoms with Crippen LogP contribution in [0.25, 0.3) is 0 Å². The molecule has 0 heterocycles. The monoisotopic (exact) mass is 263 g/mol. The molecule has 0 saturated heterocycles. The van der Waals surface area contributed by atoms with E-state index in [2.05, 4.69) is 0 Å². The van der Waals surface area contributed by atoms with E-state index in [1.54, 1.807) is 0 Å². The highest BCUT2D eigenvalue weighted by Gasteiger charge is 2.26. The summed E-state index contributed by atoms with van der Waals surface area (Å²) >= 11 is 0. The molecule has 0 spiro atoms. The molecule has 18 heavy (non-hydrogen) atoms. The van der Waals surface area contributed by atoms with E-state index in [1.165, 1.54) is 0 Å². The van der Waals surface area contributed by atoms with Gasteiger partial charge in [-0.1, -0.05) is 26.3 Å². The normalized spacial score (nSPS) is 13.4. The Morgan fingerprint density at radius 1 is 1.28 bits per heavy atom. The standard InChI is InChI=1S/C12H16BF4O/c1-3-4-9(2)8-18-12-7-10(13(15,16)17)5-6-11(12)14/h5-7,9H,3-4,8H2,1-2H3/q-1. The molecule has 0 aromatic heterocycles. The zero-order chi connectivity index (χ0) is 13.8. The molecule has 0 radical (unpaired) electrons. The first-order chi connectivity index (χ1) is 8.34. The second-order valence-corrected chi connectivity index (χ2v) is 4.47. The number of hydrogen-bond acceptors (Lipinski definition) is 1. The van der Waals surface area contributed by atoms with Crippen LogP contribution in [0.4, 0.5) is 17.3 Å². The highest BCUT2D eigenvalue weighted by Crippen LogP contribution is 2.19. The van der Waals surface area contributed by atoms with Crippen molar-refractivity contribution in [3.8, 4) is 5.75 Å². The maximum absolute atomic E-state index is 13.3. The van der Waals surface area contributed by atoms with E-state index in [-0.39, 0.29) is 18.3 Å². The Kier molecular flexibility index (Phi) is 5.05. The lowest BCUT2D eigenvalue weighted by atomic mass is 9.80. The lowest BCUT2D eigenvalue weighted by molar-refractivity contribution is 0.242. The van der Waals surface area contributed by atoms with Gasteiger partial charge in [0.05, 0.1) is 6.61 Å². The number of benzene rings is 1. The minimum absolute atomic E-state index is 0.189. The van der Waals surface area contributed by atoms with Crippen molar-refractivity contribution in [1.82, 2.24) is 0 Å². The first-order valence-electron chi connectivity index (χ1n) is 5.96. The molecule has 0 N–H and O–H groups in total. The fraction of sp³-hybridized carbons (Fsp3) is 0.500. The summed E-state index contributed by atoms with van der Waals surface area (Å²) in [6, 6.07) is 2.26. The van der Waals surface area contributed by atoms with E-state index < -0.39 is 18.3 Å². The van der Waals surface area contributed by atoms with E-state index in [9.17, 15) is 17.3 Å². The molecular weight excluding hydrogens is 247 g/mol. The van der Waals surface area contributed by atoms with Crippen molar-refractivity contribution in [2.45, 2.75) is 26.7 Å². The molecule has 1 aromatic rings. The van der Waals surface area contributed by atoms with Gasteiger partial charge in [-0.2, -0.15) is 0 Å². The fourth-order valence-electron chi connectivity index (χ4n) is 1.64. The van der Waals surface area contributed by atoms with E-state index in [0.29, 0.717) is 0 Å². The Morgan fingerprint density at radius 2 is 1.94 bits per heavy atom. The summed E-state index contributed by atoms with van der Waals surface area (Å²) < 4.78 is 55.9. The van der Waals surface area contributed by atoms with Gasteiger partial charge in [0.15, 0.2) is 11.6 Å². The quantitative estimate of drug-likeness (QED) is 0.561. The fourth-order valence-corrected chi connectivity index (χ4v) is 1.64. The van der Waals surface area contributed by atoms with E-state index >= 15 is 0 Å². The summed E-state index contributed by atoms with van der Waals surface area (Å²) in [5.74, 6) is -0.897. The summed E-state index contributed by atoms with van der Waals surface area (Å²) in [6.45, 7) is -0.984. The second-order valence-electron chi connectivity index (χ2n) is 4.47. The Hall–Kier alpha value is -1.20. The van der Waals surface area contributed by atoms with Crippen molar-refractivity contribution in [3.63, 3.8) is 0 Å². The summed E-state index contributed by atoms with van der Waals surface area (Å²) in [6.07, 6.45) is 1.85. The van der Waals surface area contributed by atoms with Crippen LogP contribution >= 0.6 is 0 Å². The largest absolute Gasteiger partial charge is 0.509 e. The smallest absolute Gasteiger partial charge is 0.490 e. The Labute approximate surface area is 104 Å². The minimum atomic E-state index is -5.12. The summed E-state index contributed by atoms with van der Waals surface area (Å²) in [5, 5.41) is 0. The van der Waals surface area contributed by atoms with Crippen LogP contribution in [-0.4, -0.2) is 13.6 Å². The van der Waals surface area contributed by atoms with Crippen LogP contribution in [0.15, 0.2) is 18.2 Å². The molecule has 0 saturated carbocycles. The Balaban J connectivity index is 2.76. The van der Waals surface area contributed by atoms with Gasteiger partial charge in [-0.15, -0.1) is 5.46 Å². The zero-order valence-corrected chi connectivity index (χ0v) is 10.4. The predicted molar refractivity (Wildman–Crippen MR) is 64.7 cm³/mol. The van der Waals surface area contributed by atoms with Gasteiger partial charge in [-0.25, -0.2) is 4.39 Å². The highest BCUT2D eigenvalue weighted by atomic mass is 19.4. The molecule has 1 aromatic carbocycles. The molecule has 0 aliphatic carbocycles. The van der Waals surface area contributed by atoms with E-state index in [0.717, 1.165) is 31.0 Å². The maximum Gasteiger partial charge on any atom is 0.509 e. The van der Waals surface area contributed by atoms with Gasteiger partial charge in [0.25, 0.3) is 0 Å². The number of hydrogen-bond donors (Lipinski definition) is 0. The molecular formula is C12H16BF4O-. The predicted octanol–water partition coefficient (Wildman–Crippen LogP) is 3.70.